The van der Waals surface area contributed by atoms with Gasteiger partial charge in [-0.2, -0.15) is 0 Å². The highest BCUT2D eigenvalue weighted by Gasteiger charge is 2.12. The van der Waals surface area contributed by atoms with Gasteiger partial charge in [-0.25, -0.2) is 4.98 Å². The minimum absolute atomic E-state index is 0.0961. The zero-order valence-electron chi connectivity index (χ0n) is 9.04. The molecular weight excluding hydrogens is 196 g/mol. The van der Waals surface area contributed by atoms with Gasteiger partial charge in [-0.05, 0) is 13.3 Å². The monoisotopic (exact) mass is 214 g/mol. The van der Waals surface area contributed by atoms with Gasteiger partial charge in [0.15, 0.2) is 0 Å². The third kappa shape index (κ3) is 2.77. The molecule has 4 heteroatoms. The van der Waals surface area contributed by atoms with Crippen LogP contribution in [0.5, 0.6) is 0 Å². The molecule has 0 saturated carbocycles. The highest BCUT2D eigenvalue weighted by molar-refractivity contribution is 7.11. The van der Waals surface area contributed by atoms with Gasteiger partial charge >= 0.3 is 0 Å². The molecule has 1 aromatic heterocycles. The smallest absolute Gasteiger partial charge is 0.0954 e. The fraction of sp³-hybridized carbons (Fsp3) is 0.700. The Morgan fingerprint density at radius 1 is 1.57 bits per heavy atom. The molecule has 80 valence electrons. The van der Waals surface area contributed by atoms with Crippen LogP contribution in [0.3, 0.4) is 0 Å². The lowest BCUT2D eigenvalue weighted by molar-refractivity contribution is 0.202. The van der Waals surface area contributed by atoms with Crippen molar-refractivity contribution in [3.63, 3.8) is 0 Å². The molecule has 0 aliphatic rings. The number of aryl methyl sites for hydroxylation is 1. The van der Waals surface area contributed by atoms with E-state index in [-0.39, 0.29) is 6.04 Å². The molecule has 0 spiro atoms. The molecule has 0 saturated heterocycles. The summed E-state index contributed by atoms with van der Waals surface area (Å²) in [5.74, 6) is 0. The summed E-state index contributed by atoms with van der Waals surface area (Å²) in [6.07, 6.45) is 1.85. The lowest BCUT2D eigenvalue weighted by Gasteiger charge is -2.01. The molecule has 1 heterocycles. The molecule has 0 aromatic carbocycles. The van der Waals surface area contributed by atoms with Crippen LogP contribution in [0.4, 0.5) is 0 Å². The van der Waals surface area contributed by atoms with Crippen LogP contribution in [-0.4, -0.2) is 18.7 Å². The predicted molar refractivity (Wildman–Crippen MR) is 59.7 cm³/mol. The third-order valence-electron chi connectivity index (χ3n) is 2.04. The van der Waals surface area contributed by atoms with Crippen molar-refractivity contribution in [3.05, 3.63) is 15.6 Å². The highest BCUT2D eigenvalue weighted by atomic mass is 32.1. The van der Waals surface area contributed by atoms with Gasteiger partial charge in [0.1, 0.15) is 0 Å². The summed E-state index contributed by atoms with van der Waals surface area (Å²) >= 11 is 1.72. The van der Waals surface area contributed by atoms with Crippen LogP contribution in [0.25, 0.3) is 0 Å². The summed E-state index contributed by atoms with van der Waals surface area (Å²) in [6.45, 7) is 4.85. The molecule has 1 aromatic rings. The Labute approximate surface area is 89.3 Å². The van der Waals surface area contributed by atoms with Crippen LogP contribution < -0.4 is 5.73 Å². The topological polar surface area (TPSA) is 48.1 Å². The zero-order chi connectivity index (χ0) is 10.6. The maximum absolute atomic E-state index is 5.87. The Balaban J connectivity index is 2.78. The standard InChI is InChI=1S/C10H18N2OS/c1-4-8-10(7(2)11)14-9(12-8)5-6-13-3/h7H,4-6,11H2,1-3H3. The van der Waals surface area contributed by atoms with Crippen molar-refractivity contribution in [2.24, 2.45) is 5.73 Å². The van der Waals surface area contributed by atoms with Crippen LogP contribution in [0.1, 0.15) is 35.5 Å². The van der Waals surface area contributed by atoms with Gasteiger partial charge in [-0.3, -0.25) is 0 Å². The number of thiazole rings is 1. The van der Waals surface area contributed by atoms with E-state index in [0.29, 0.717) is 0 Å². The van der Waals surface area contributed by atoms with Crippen molar-refractivity contribution in [3.8, 4) is 0 Å². The summed E-state index contributed by atoms with van der Waals surface area (Å²) in [5.41, 5.74) is 7.02. The fourth-order valence-corrected chi connectivity index (χ4v) is 2.41. The van der Waals surface area contributed by atoms with Gasteiger partial charge in [0, 0.05) is 24.4 Å². The Bertz CT molecular complexity index is 284. The summed E-state index contributed by atoms with van der Waals surface area (Å²) in [4.78, 5) is 5.77. The number of hydrogen-bond acceptors (Lipinski definition) is 4. The van der Waals surface area contributed by atoms with Crippen LogP contribution in [0.2, 0.25) is 0 Å². The Morgan fingerprint density at radius 2 is 2.29 bits per heavy atom. The van der Waals surface area contributed by atoms with E-state index in [4.69, 9.17) is 10.5 Å². The molecule has 0 fully saturated rings. The van der Waals surface area contributed by atoms with E-state index in [0.717, 1.165) is 30.2 Å². The normalized spacial score (nSPS) is 13.1. The van der Waals surface area contributed by atoms with Gasteiger partial charge in [0.2, 0.25) is 0 Å². The molecule has 2 N–H and O–H groups in total. The minimum atomic E-state index is 0.0961. The number of methoxy groups -OCH3 is 1. The third-order valence-corrected chi connectivity index (χ3v) is 3.40. The van der Waals surface area contributed by atoms with Gasteiger partial charge in [-0.1, -0.05) is 6.92 Å². The first-order chi connectivity index (χ1) is 6.69. The van der Waals surface area contributed by atoms with E-state index >= 15 is 0 Å². The second-order valence-corrected chi connectivity index (χ2v) is 4.42. The average Bonchev–Trinajstić information content (AvgIpc) is 2.57. The lowest BCUT2D eigenvalue weighted by Crippen LogP contribution is -2.05. The summed E-state index contributed by atoms with van der Waals surface area (Å²) in [7, 11) is 1.71. The largest absolute Gasteiger partial charge is 0.384 e. The molecule has 14 heavy (non-hydrogen) atoms. The van der Waals surface area contributed by atoms with E-state index in [2.05, 4.69) is 11.9 Å². The first kappa shape index (κ1) is 11.6. The number of aromatic nitrogens is 1. The number of nitrogens with two attached hydrogens (primary N) is 1. The molecule has 3 nitrogen and oxygen atoms in total. The van der Waals surface area contributed by atoms with Gasteiger partial charge < -0.3 is 10.5 Å². The van der Waals surface area contributed by atoms with Crippen LogP contribution in [0, 0.1) is 0 Å². The molecule has 0 bridgehead atoms. The van der Waals surface area contributed by atoms with E-state index in [9.17, 15) is 0 Å². The van der Waals surface area contributed by atoms with Crippen molar-refractivity contribution >= 4 is 11.3 Å². The molecule has 1 rings (SSSR count). The second-order valence-electron chi connectivity index (χ2n) is 3.30. The minimum Gasteiger partial charge on any atom is -0.384 e. The molecule has 0 radical (unpaired) electrons. The van der Waals surface area contributed by atoms with E-state index in [1.807, 2.05) is 6.92 Å². The molecule has 0 aliphatic carbocycles. The van der Waals surface area contributed by atoms with Crippen molar-refractivity contribution in [2.45, 2.75) is 32.7 Å². The summed E-state index contributed by atoms with van der Waals surface area (Å²) < 4.78 is 5.02. The number of ether oxygens (including phenoxy) is 1. The van der Waals surface area contributed by atoms with Crippen LogP contribution in [0.15, 0.2) is 0 Å². The van der Waals surface area contributed by atoms with Gasteiger partial charge in [0.05, 0.1) is 17.3 Å². The number of nitrogens with zero attached hydrogens (tertiary/aromatic N) is 1. The fourth-order valence-electron chi connectivity index (χ4n) is 1.32. The molecule has 0 amide bonds. The highest BCUT2D eigenvalue weighted by Crippen LogP contribution is 2.24. The molecular formula is C10H18N2OS. The van der Waals surface area contributed by atoms with E-state index in [1.54, 1.807) is 18.4 Å². The summed E-state index contributed by atoms with van der Waals surface area (Å²) in [6, 6.07) is 0.0961. The summed E-state index contributed by atoms with van der Waals surface area (Å²) in [5, 5.41) is 1.14. The average molecular weight is 214 g/mol. The quantitative estimate of drug-likeness (QED) is 0.814. The number of rotatable bonds is 5. The second kappa shape index (κ2) is 5.44. The first-order valence-electron chi connectivity index (χ1n) is 4.92. The molecule has 1 atom stereocenters. The number of hydrogen-bond donors (Lipinski definition) is 1. The van der Waals surface area contributed by atoms with E-state index in [1.165, 1.54) is 4.88 Å². The van der Waals surface area contributed by atoms with Crippen molar-refractivity contribution < 1.29 is 4.74 Å². The Kier molecular flexibility index (Phi) is 4.51. The maximum Gasteiger partial charge on any atom is 0.0954 e. The van der Waals surface area contributed by atoms with E-state index < -0.39 is 0 Å². The maximum atomic E-state index is 5.87. The SMILES string of the molecule is CCc1nc(CCOC)sc1C(C)N. The van der Waals surface area contributed by atoms with Gasteiger partial charge in [0.25, 0.3) is 0 Å². The van der Waals surface area contributed by atoms with Crippen LogP contribution >= 0.6 is 11.3 Å². The molecule has 0 aliphatic heterocycles. The van der Waals surface area contributed by atoms with Gasteiger partial charge in [-0.15, -0.1) is 11.3 Å². The molecule has 1 unspecified atom stereocenters. The Hall–Kier alpha value is -0.450. The van der Waals surface area contributed by atoms with Crippen molar-refractivity contribution in [1.82, 2.24) is 4.98 Å². The lowest BCUT2D eigenvalue weighted by atomic mass is 10.2. The zero-order valence-corrected chi connectivity index (χ0v) is 9.86. The van der Waals surface area contributed by atoms with Crippen molar-refractivity contribution in [1.29, 1.82) is 0 Å². The Morgan fingerprint density at radius 3 is 2.71 bits per heavy atom. The van der Waals surface area contributed by atoms with Crippen LogP contribution in [-0.2, 0) is 17.6 Å². The van der Waals surface area contributed by atoms with Crippen molar-refractivity contribution in [2.75, 3.05) is 13.7 Å². The first-order valence-corrected chi connectivity index (χ1v) is 5.73. The predicted octanol–water partition coefficient (Wildman–Crippen LogP) is 1.91.